The summed E-state index contributed by atoms with van der Waals surface area (Å²) in [6, 6.07) is 6.33. The van der Waals surface area contributed by atoms with Crippen molar-refractivity contribution in [1.82, 2.24) is 9.62 Å². The number of nitrogens with zero attached hydrogens (tertiary/aromatic N) is 2. The van der Waals surface area contributed by atoms with Gasteiger partial charge in [0.25, 0.3) is 6.17 Å². The molecule has 2 N–H and O–H groups in total. The molecule has 1 heterocycles. The van der Waals surface area contributed by atoms with E-state index in [4.69, 9.17) is 12.2 Å². The third-order valence-corrected chi connectivity index (χ3v) is 7.02. The van der Waals surface area contributed by atoms with Crippen molar-refractivity contribution in [2.75, 3.05) is 13.6 Å². The molecule has 25 heavy (non-hydrogen) atoms. The second-order valence-corrected chi connectivity index (χ2v) is 10.5. The Kier molecular flexibility index (Phi) is 6.13. The van der Waals surface area contributed by atoms with E-state index in [1.807, 2.05) is 18.7 Å². The number of benzene rings is 1. The molecule has 0 saturated carbocycles. The van der Waals surface area contributed by atoms with Crippen LogP contribution in [0.1, 0.15) is 32.8 Å². The molecule has 138 valence electrons. The van der Waals surface area contributed by atoms with Crippen LogP contribution in [0.4, 0.5) is 0 Å². The maximum absolute atomic E-state index is 11.8. The molecule has 0 aromatic heterocycles. The number of nitrogens with one attached hydrogen (secondary N) is 1. The molecule has 1 aromatic carbocycles. The van der Waals surface area contributed by atoms with Crippen molar-refractivity contribution in [1.29, 1.82) is 0 Å². The van der Waals surface area contributed by atoms with Crippen LogP contribution in [0.25, 0.3) is 0 Å². The van der Waals surface area contributed by atoms with Crippen LogP contribution in [0.2, 0.25) is 0 Å². The van der Waals surface area contributed by atoms with E-state index in [0.717, 1.165) is 17.3 Å². The van der Waals surface area contributed by atoms with Crippen molar-refractivity contribution >= 4 is 44.5 Å². The van der Waals surface area contributed by atoms with E-state index < -0.39 is 10.0 Å². The van der Waals surface area contributed by atoms with Crippen molar-refractivity contribution < 1.29 is 18.4 Å². The fraction of sp³-hybridized carbons (Fsp3) is 0.500. The summed E-state index contributed by atoms with van der Waals surface area (Å²) in [5, 5.41) is 10.7. The summed E-state index contributed by atoms with van der Waals surface area (Å²) >= 11 is 7.03. The van der Waals surface area contributed by atoms with Crippen molar-refractivity contribution in [2.24, 2.45) is 0 Å². The van der Waals surface area contributed by atoms with Gasteiger partial charge in [0.05, 0.1) is 4.90 Å². The van der Waals surface area contributed by atoms with Crippen LogP contribution in [0.15, 0.2) is 29.2 Å². The molecule has 0 spiro atoms. The van der Waals surface area contributed by atoms with Gasteiger partial charge in [0, 0.05) is 12.1 Å². The molecule has 0 aliphatic carbocycles. The van der Waals surface area contributed by atoms with Gasteiger partial charge in [0.15, 0.2) is 0 Å². The van der Waals surface area contributed by atoms with Crippen molar-refractivity contribution in [3.05, 3.63) is 29.8 Å². The number of thioether (sulfide) groups is 1. The topological polar surface area (TPSA) is 72.6 Å². The lowest BCUT2D eigenvalue weighted by Crippen LogP contribution is -2.48. The first-order chi connectivity index (χ1) is 11.6. The highest BCUT2D eigenvalue weighted by atomic mass is 32.2. The molecule has 1 atom stereocenters. The lowest BCUT2D eigenvalue weighted by molar-refractivity contribution is -0.808. The summed E-state index contributed by atoms with van der Waals surface area (Å²) in [5.41, 5.74) is 0.701. The number of hydrogen-bond acceptors (Lipinski definition) is 5. The number of hydroxylamine groups is 1. The van der Waals surface area contributed by atoms with Gasteiger partial charge in [0.1, 0.15) is 9.07 Å². The van der Waals surface area contributed by atoms with Gasteiger partial charge in [-0.3, -0.25) is 10.1 Å². The van der Waals surface area contributed by atoms with Crippen molar-refractivity contribution in [3.63, 3.8) is 0 Å². The second-order valence-electron chi connectivity index (χ2n) is 6.32. The Balaban J connectivity index is 2.32. The predicted octanol–water partition coefficient (Wildman–Crippen LogP) is 2.26. The highest BCUT2D eigenvalue weighted by Crippen LogP contribution is 2.41. The van der Waals surface area contributed by atoms with Crippen LogP contribution in [0.5, 0.6) is 0 Å². The van der Waals surface area contributed by atoms with Gasteiger partial charge in [-0.05, 0) is 56.3 Å². The van der Waals surface area contributed by atoms with Gasteiger partial charge >= 0.3 is 0 Å². The Labute approximate surface area is 158 Å². The average molecular weight is 403 g/mol. The highest BCUT2D eigenvalue weighted by Gasteiger charge is 2.52. The Morgan fingerprint density at radius 3 is 2.52 bits per heavy atom. The summed E-state index contributed by atoms with van der Waals surface area (Å²) in [6.45, 7) is 6.93. The molecule has 0 bridgehead atoms. The quantitative estimate of drug-likeness (QED) is 0.250. The maximum atomic E-state index is 11.8. The molecule has 2 rings (SSSR count). The molecule has 6 nitrogen and oxygen atoms in total. The zero-order valence-electron chi connectivity index (χ0n) is 14.8. The second kappa shape index (κ2) is 7.61. The molecule has 1 fully saturated rings. The van der Waals surface area contributed by atoms with Gasteiger partial charge < -0.3 is 0 Å². The van der Waals surface area contributed by atoms with E-state index in [0.29, 0.717) is 5.56 Å². The minimum atomic E-state index is -3.47. The van der Waals surface area contributed by atoms with Crippen LogP contribution >= 0.6 is 24.0 Å². The minimum absolute atomic E-state index is 0.183. The smallest absolute Gasteiger partial charge is 0.292 e. The molecule has 1 aliphatic rings. The summed E-state index contributed by atoms with van der Waals surface area (Å²) < 4.78 is 27.5. The normalized spacial score (nSPS) is 21.0. The number of hydrogen-bond donors (Lipinski definition) is 2. The van der Waals surface area contributed by atoms with Crippen LogP contribution < -0.4 is 4.72 Å². The fourth-order valence-corrected chi connectivity index (χ4v) is 5.47. The summed E-state index contributed by atoms with van der Waals surface area (Å²) in [7, 11) is -2.10. The molecule has 1 unspecified atom stereocenters. The Morgan fingerprint density at radius 1 is 1.40 bits per heavy atom. The zero-order chi connectivity index (χ0) is 18.8. The lowest BCUT2D eigenvalue weighted by Gasteiger charge is -2.24. The molecular weight excluding hydrogens is 378 g/mol. The van der Waals surface area contributed by atoms with E-state index >= 15 is 0 Å². The van der Waals surface area contributed by atoms with Crippen LogP contribution in [0.3, 0.4) is 0 Å². The van der Waals surface area contributed by atoms with Crippen LogP contribution in [-0.2, 0) is 10.0 Å². The van der Waals surface area contributed by atoms with Gasteiger partial charge in [-0.2, -0.15) is 0 Å². The highest BCUT2D eigenvalue weighted by molar-refractivity contribution is 8.24. The van der Waals surface area contributed by atoms with Gasteiger partial charge in [-0.25, -0.2) is 13.1 Å². The monoisotopic (exact) mass is 402 g/mol. The van der Waals surface area contributed by atoms with E-state index in [1.54, 1.807) is 30.1 Å². The molecular formula is C16H24N3O3S3+. The van der Waals surface area contributed by atoms with Gasteiger partial charge in [-0.15, -0.1) is 0 Å². The first-order valence-corrected chi connectivity index (χ1v) is 10.7. The standard InChI is InChI=1S/C16H24N3O3S3/c1-5-10-18-14(16(2,3)24-15(18)23)19(20)11-12-6-8-13(9-7-12)25(21,22)17-4/h6-9,11,14,17,20H,5,10H2,1-4H3/q+1. The van der Waals surface area contributed by atoms with Crippen LogP contribution in [-0.4, -0.2) is 58.3 Å². The number of rotatable bonds is 6. The van der Waals surface area contributed by atoms with E-state index in [2.05, 4.69) is 11.6 Å². The zero-order valence-corrected chi connectivity index (χ0v) is 17.2. The van der Waals surface area contributed by atoms with E-state index in [1.165, 1.54) is 23.9 Å². The number of sulfonamides is 1. The Bertz CT molecular complexity index is 774. The van der Waals surface area contributed by atoms with Crippen molar-refractivity contribution in [2.45, 2.75) is 43.0 Å². The molecule has 0 amide bonds. The number of thiocarbonyl (C=S) groups is 1. The molecule has 9 heteroatoms. The maximum Gasteiger partial charge on any atom is 0.292 e. The third kappa shape index (κ3) is 4.33. The Morgan fingerprint density at radius 2 is 2.00 bits per heavy atom. The van der Waals surface area contributed by atoms with E-state index in [9.17, 15) is 13.6 Å². The summed E-state index contributed by atoms with van der Waals surface area (Å²) in [6.07, 6.45) is 2.24. The van der Waals surface area contributed by atoms with E-state index in [-0.39, 0.29) is 15.8 Å². The average Bonchev–Trinajstić information content (AvgIpc) is 2.77. The Hall–Kier alpha value is -1.16. The first-order valence-electron chi connectivity index (χ1n) is 7.97. The lowest BCUT2D eigenvalue weighted by atomic mass is 10.1. The molecule has 1 saturated heterocycles. The van der Waals surface area contributed by atoms with Gasteiger partial charge in [0.2, 0.25) is 16.2 Å². The SMILES string of the molecule is CCCN1C(=S)SC(C)(C)C1[N+](O)=Cc1ccc(S(=O)(=O)NC)cc1. The fourth-order valence-electron chi connectivity index (χ4n) is 2.80. The first kappa shape index (κ1) is 20.2. The minimum Gasteiger partial charge on any atom is -0.295 e. The molecule has 1 aromatic rings. The largest absolute Gasteiger partial charge is 0.295 e. The predicted molar refractivity (Wildman–Crippen MR) is 105 cm³/mol. The summed E-state index contributed by atoms with van der Waals surface area (Å²) in [4.78, 5) is 2.21. The third-order valence-electron chi connectivity index (χ3n) is 3.96. The molecule has 0 radical (unpaired) electrons. The van der Waals surface area contributed by atoms with Crippen molar-refractivity contribution in [3.8, 4) is 0 Å². The van der Waals surface area contributed by atoms with Gasteiger partial charge in [-0.1, -0.05) is 30.9 Å². The summed E-state index contributed by atoms with van der Waals surface area (Å²) in [5.74, 6) is 0. The molecule has 1 aliphatic heterocycles. The van der Waals surface area contributed by atoms with Crippen LogP contribution in [0, 0.1) is 0 Å².